The number of nitrogens with zero attached hydrogens (tertiary/aromatic N) is 1. The standard InChI is InChI=1S/C21H25N3O2S/c1-12-3-4-16-17(5-12)27-19(22-16)23-18(26)20-7-14-6-15(8-20)10-21(9-14,11-20)24-13(2)25/h3-5,14-15H,6-11H2,1-2H3,(H,24,25)(H,22,23,26)/t14-,15+,20?,21?. The molecule has 0 aliphatic heterocycles. The molecule has 27 heavy (non-hydrogen) atoms. The summed E-state index contributed by atoms with van der Waals surface area (Å²) in [5, 5.41) is 7.05. The van der Waals surface area contributed by atoms with Gasteiger partial charge in [-0.05, 0) is 75.0 Å². The van der Waals surface area contributed by atoms with Gasteiger partial charge in [-0.15, -0.1) is 0 Å². The van der Waals surface area contributed by atoms with Crippen molar-refractivity contribution in [3.8, 4) is 0 Å². The molecule has 4 bridgehead atoms. The van der Waals surface area contributed by atoms with E-state index in [1.807, 2.05) is 12.1 Å². The van der Waals surface area contributed by atoms with Gasteiger partial charge in [0, 0.05) is 12.5 Å². The number of hydrogen-bond acceptors (Lipinski definition) is 4. The summed E-state index contributed by atoms with van der Waals surface area (Å²) < 4.78 is 1.10. The number of thiazole rings is 1. The van der Waals surface area contributed by atoms with Crippen LogP contribution in [0.2, 0.25) is 0 Å². The average molecular weight is 384 g/mol. The van der Waals surface area contributed by atoms with Crippen molar-refractivity contribution in [2.75, 3.05) is 5.32 Å². The summed E-state index contributed by atoms with van der Waals surface area (Å²) in [6.07, 6.45) is 5.91. The minimum atomic E-state index is -0.361. The summed E-state index contributed by atoms with van der Waals surface area (Å²) in [6.45, 7) is 3.66. The monoisotopic (exact) mass is 383 g/mol. The van der Waals surface area contributed by atoms with Gasteiger partial charge >= 0.3 is 0 Å². The zero-order chi connectivity index (χ0) is 18.8. The van der Waals surface area contributed by atoms with Gasteiger partial charge < -0.3 is 10.6 Å². The van der Waals surface area contributed by atoms with Crippen molar-refractivity contribution in [1.29, 1.82) is 0 Å². The smallest absolute Gasteiger partial charge is 0.232 e. The Labute approximate surface area is 162 Å². The number of rotatable bonds is 3. The third-order valence-electron chi connectivity index (χ3n) is 6.75. The Bertz CT molecular complexity index is 936. The predicted molar refractivity (Wildman–Crippen MR) is 107 cm³/mol. The second-order valence-corrected chi connectivity index (χ2v) is 10.2. The van der Waals surface area contributed by atoms with Crippen molar-refractivity contribution >= 4 is 38.5 Å². The largest absolute Gasteiger partial charge is 0.351 e. The molecule has 1 aromatic heterocycles. The fourth-order valence-corrected chi connectivity index (χ4v) is 7.32. The van der Waals surface area contributed by atoms with Crippen LogP contribution in [0.3, 0.4) is 0 Å². The second kappa shape index (κ2) is 5.77. The van der Waals surface area contributed by atoms with Gasteiger partial charge in [0.15, 0.2) is 5.13 Å². The van der Waals surface area contributed by atoms with Gasteiger partial charge in [0.1, 0.15) is 0 Å². The number of carbonyl (C=O) groups is 2. The summed E-state index contributed by atoms with van der Waals surface area (Å²) in [6, 6.07) is 6.16. The summed E-state index contributed by atoms with van der Waals surface area (Å²) in [4.78, 5) is 29.8. The molecule has 5 nitrogen and oxygen atoms in total. The minimum absolute atomic E-state index is 0.0223. The van der Waals surface area contributed by atoms with Crippen molar-refractivity contribution in [2.45, 2.75) is 57.9 Å². The number of carbonyl (C=O) groups excluding carboxylic acids is 2. The number of amides is 2. The molecule has 6 rings (SSSR count). The Hall–Kier alpha value is -1.95. The molecular weight excluding hydrogens is 358 g/mol. The first-order chi connectivity index (χ1) is 12.8. The molecule has 6 heteroatoms. The maximum atomic E-state index is 13.4. The molecule has 0 radical (unpaired) electrons. The van der Waals surface area contributed by atoms with E-state index in [0.29, 0.717) is 17.0 Å². The Balaban J connectivity index is 1.42. The summed E-state index contributed by atoms with van der Waals surface area (Å²) in [5.74, 6) is 1.21. The van der Waals surface area contributed by atoms with Crippen LogP contribution in [-0.4, -0.2) is 22.3 Å². The molecule has 2 amide bonds. The molecule has 2 aromatic rings. The van der Waals surface area contributed by atoms with E-state index in [9.17, 15) is 9.59 Å². The highest BCUT2D eigenvalue weighted by molar-refractivity contribution is 7.22. The SMILES string of the molecule is CC(=O)NC12C[C@H]3C[C@@H](C1)CC(C(=O)Nc1nc4ccc(C)cc4s1)(C3)C2. The van der Waals surface area contributed by atoms with Gasteiger partial charge in [-0.3, -0.25) is 9.59 Å². The van der Waals surface area contributed by atoms with Gasteiger partial charge in [-0.25, -0.2) is 4.98 Å². The van der Waals surface area contributed by atoms with Crippen LogP contribution in [0, 0.1) is 24.2 Å². The van der Waals surface area contributed by atoms with E-state index < -0.39 is 0 Å². The number of fused-ring (bicyclic) bond motifs is 1. The maximum Gasteiger partial charge on any atom is 0.232 e. The minimum Gasteiger partial charge on any atom is -0.351 e. The quantitative estimate of drug-likeness (QED) is 0.841. The second-order valence-electron chi connectivity index (χ2n) is 9.15. The molecule has 1 heterocycles. The van der Waals surface area contributed by atoms with Gasteiger partial charge in [0.05, 0.1) is 15.6 Å². The lowest BCUT2D eigenvalue weighted by Crippen LogP contribution is -2.65. The molecule has 4 atom stereocenters. The predicted octanol–water partition coefficient (Wildman–Crippen LogP) is 4.02. The van der Waals surface area contributed by atoms with Crippen molar-refractivity contribution in [3.63, 3.8) is 0 Å². The van der Waals surface area contributed by atoms with Crippen LogP contribution in [-0.2, 0) is 9.59 Å². The van der Waals surface area contributed by atoms with E-state index in [2.05, 4.69) is 28.6 Å². The lowest BCUT2D eigenvalue weighted by atomic mass is 9.46. The Kier molecular flexibility index (Phi) is 3.67. The fourth-order valence-electron chi connectivity index (χ4n) is 6.36. The van der Waals surface area contributed by atoms with Crippen molar-refractivity contribution in [3.05, 3.63) is 23.8 Å². The van der Waals surface area contributed by atoms with Crippen molar-refractivity contribution in [1.82, 2.24) is 10.3 Å². The van der Waals surface area contributed by atoms with E-state index in [-0.39, 0.29) is 22.8 Å². The number of nitrogens with one attached hydrogen (secondary N) is 2. The molecule has 4 saturated carbocycles. The van der Waals surface area contributed by atoms with E-state index in [1.54, 1.807) is 18.3 Å². The Morgan fingerprint density at radius 1 is 1.19 bits per heavy atom. The van der Waals surface area contributed by atoms with Gasteiger partial charge in [-0.2, -0.15) is 0 Å². The molecule has 1 aromatic carbocycles. The third kappa shape index (κ3) is 2.85. The van der Waals surface area contributed by atoms with E-state index in [0.717, 1.165) is 42.3 Å². The summed E-state index contributed by atoms with van der Waals surface area (Å²) >= 11 is 1.54. The number of aromatic nitrogens is 1. The first kappa shape index (κ1) is 17.2. The van der Waals surface area contributed by atoms with Crippen molar-refractivity contribution in [2.24, 2.45) is 17.3 Å². The zero-order valence-electron chi connectivity index (χ0n) is 15.8. The number of aryl methyl sites for hydroxylation is 1. The van der Waals surface area contributed by atoms with Crippen LogP contribution in [0.5, 0.6) is 0 Å². The molecule has 4 fully saturated rings. The van der Waals surface area contributed by atoms with Crippen LogP contribution in [0.25, 0.3) is 10.2 Å². The Morgan fingerprint density at radius 3 is 2.63 bits per heavy atom. The highest BCUT2D eigenvalue weighted by Gasteiger charge is 2.60. The van der Waals surface area contributed by atoms with Gasteiger partial charge in [0.25, 0.3) is 0 Å². The van der Waals surface area contributed by atoms with E-state index in [1.165, 1.54) is 12.0 Å². The first-order valence-corrected chi connectivity index (χ1v) is 10.6. The highest BCUT2D eigenvalue weighted by atomic mass is 32.1. The average Bonchev–Trinajstić information content (AvgIpc) is 2.93. The molecule has 2 unspecified atom stereocenters. The van der Waals surface area contributed by atoms with Crippen LogP contribution in [0.4, 0.5) is 5.13 Å². The summed E-state index contributed by atoms with van der Waals surface area (Å²) in [7, 11) is 0. The highest BCUT2D eigenvalue weighted by Crippen LogP contribution is 2.62. The molecule has 4 aliphatic carbocycles. The molecule has 0 saturated heterocycles. The van der Waals surface area contributed by atoms with Gasteiger partial charge in [0.2, 0.25) is 11.8 Å². The lowest BCUT2D eigenvalue weighted by Gasteiger charge is -2.61. The first-order valence-electron chi connectivity index (χ1n) is 9.82. The van der Waals surface area contributed by atoms with E-state index in [4.69, 9.17) is 0 Å². The number of benzene rings is 1. The zero-order valence-corrected chi connectivity index (χ0v) is 16.6. The molecule has 2 N–H and O–H groups in total. The van der Waals surface area contributed by atoms with Gasteiger partial charge in [-0.1, -0.05) is 17.4 Å². The van der Waals surface area contributed by atoms with Crippen LogP contribution < -0.4 is 10.6 Å². The molecular formula is C21H25N3O2S. The third-order valence-corrected chi connectivity index (χ3v) is 7.68. The summed E-state index contributed by atoms with van der Waals surface area (Å²) in [5.41, 5.74) is 1.58. The normalized spacial score (nSPS) is 34.0. The Morgan fingerprint density at radius 2 is 1.93 bits per heavy atom. The molecule has 142 valence electrons. The number of anilines is 1. The van der Waals surface area contributed by atoms with Crippen LogP contribution in [0.1, 0.15) is 51.0 Å². The van der Waals surface area contributed by atoms with Crippen LogP contribution in [0.15, 0.2) is 18.2 Å². The lowest BCUT2D eigenvalue weighted by molar-refractivity contribution is -0.148. The maximum absolute atomic E-state index is 13.4. The number of hydrogen-bond donors (Lipinski definition) is 2. The van der Waals surface area contributed by atoms with Crippen LogP contribution >= 0.6 is 11.3 Å². The molecule has 0 spiro atoms. The van der Waals surface area contributed by atoms with Crippen molar-refractivity contribution < 1.29 is 9.59 Å². The van der Waals surface area contributed by atoms with E-state index >= 15 is 0 Å². The fraction of sp³-hybridized carbons (Fsp3) is 0.571. The topological polar surface area (TPSA) is 71.1 Å². The molecule has 4 aliphatic rings.